The van der Waals surface area contributed by atoms with E-state index in [0.717, 1.165) is 19.3 Å². The van der Waals surface area contributed by atoms with E-state index in [4.69, 9.17) is 10.2 Å². The quantitative estimate of drug-likeness (QED) is 0.714. The fourth-order valence-electron chi connectivity index (χ4n) is 2.88. The lowest BCUT2D eigenvalue weighted by Gasteiger charge is -2.27. The molecule has 2 rings (SSSR count). The summed E-state index contributed by atoms with van der Waals surface area (Å²) in [6.45, 7) is 5.12. The Bertz CT molecular complexity index is 748. The number of nitrogens with one attached hydrogen (secondary N) is 2. The zero-order valence-corrected chi connectivity index (χ0v) is 15.5. The molecule has 1 saturated carbocycles. The maximum Gasteiger partial charge on any atom is 0.287 e. The minimum atomic E-state index is -3.84. The summed E-state index contributed by atoms with van der Waals surface area (Å²) in [6.07, 6.45) is 2.75. The van der Waals surface area contributed by atoms with Crippen molar-refractivity contribution in [1.82, 2.24) is 10.0 Å². The predicted molar refractivity (Wildman–Crippen MR) is 91.2 cm³/mol. The van der Waals surface area contributed by atoms with Crippen LogP contribution in [0.1, 0.15) is 57.0 Å². The molecule has 8 nitrogen and oxygen atoms in total. The van der Waals surface area contributed by atoms with E-state index in [9.17, 15) is 18.0 Å². The third kappa shape index (κ3) is 5.30. The van der Waals surface area contributed by atoms with Crippen LogP contribution in [-0.4, -0.2) is 31.8 Å². The molecule has 0 saturated heterocycles. The van der Waals surface area contributed by atoms with Crippen LogP contribution in [0.2, 0.25) is 0 Å². The summed E-state index contributed by atoms with van der Waals surface area (Å²) in [5.41, 5.74) is 4.66. The van der Waals surface area contributed by atoms with Gasteiger partial charge in [-0.05, 0) is 52.2 Å². The Morgan fingerprint density at radius 2 is 1.92 bits per heavy atom. The van der Waals surface area contributed by atoms with E-state index in [1.165, 1.54) is 12.1 Å². The van der Waals surface area contributed by atoms with Crippen molar-refractivity contribution in [3.8, 4) is 0 Å². The molecule has 0 spiro atoms. The number of carbonyl (C=O) groups is 2. The van der Waals surface area contributed by atoms with Gasteiger partial charge in [0.25, 0.3) is 15.9 Å². The molecule has 0 radical (unpaired) electrons. The number of sulfonamides is 1. The molecule has 9 heteroatoms. The van der Waals surface area contributed by atoms with Gasteiger partial charge in [-0.1, -0.05) is 6.42 Å². The van der Waals surface area contributed by atoms with Gasteiger partial charge >= 0.3 is 0 Å². The van der Waals surface area contributed by atoms with Crippen molar-refractivity contribution < 1.29 is 22.4 Å². The van der Waals surface area contributed by atoms with Crippen molar-refractivity contribution in [1.29, 1.82) is 0 Å². The highest BCUT2D eigenvalue weighted by molar-refractivity contribution is 7.89. The van der Waals surface area contributed by atoms with Gasteiger partial charge in [-0.25, -0.2) is 13.1 Å². The zero-order valence-electron chi connectivity index (χ0n) is 14.7. The number of carbonyl (C=O) groups excluding carboxylic acids is 2. The maximum absolute atomic E-state index is 12.3. The van der Waals surface area contributed by atoms with Crippen LogP contribution in [0.4, 0.5) is 0 Å². The number of hydrogen-bond donors (Lipinski definition) is 3. The predicted octanol–water partition coefficient (Wildman–Crippen LogP) is 1.13. The first-order chi connectivity index (χ1) is 11.5. The molecule has 0 aliphatic heterocycles. The van der Waals surface area contributed by atoms with Gasteiger partial charge in [-0.2, -0.15) is 0 Å². The number of amides is 2. The lowest BCUT2D eigenvalue weighted by molar-refractivity contribution is -0.122. The molecule has 140 valence electrons. The second-order valence-electron chi connectivity index (χ2n) is 7.41. The number of nitrogens with two attached hydrogens (primary N) is 1. The van der Waals surface area contributed by atoms with Crippen molar-refractivity contribution in [2.24, 2.45) is 11.7 Å². The fourth-order valence-corrected chi connectivity index (χ4v) is 4.23. The summed E-state index contributed by atoms with van der Waals surface area (Å²) < 4.78 is 32.1. The summed E-state index contributed by atoms with van der Waals surface area (Å²) >= 11 is 0. The first-order valence-corrected chi connectivity index (χ1v) is 9.70. The van der Waals surface area contributed by atoms with Crippen molar-refractivity contribution >= 4 is 21.8 Å². The molecule has 1 aromatic heterocycles. The summed E-state index contributed by atoms with van der Waals surface area (Å²) in [6, 6.07) is 2.38. The molecule has 1 aliphatic carbocycles. The number of furan rings is 1. The maximum atomic E-state index is 12.3. The Labute approximate surface area is 147 Å². The van der Waals surface area contributed by atoms with Crippen LogP contribution in [0.5, 0.6) is 0 Å². The Kier molecular flexibility index (Phi) is 5.58. The molecular formula is C16H25N3O5S. The highest BCUT2D eigenvalue weighted by Crippen LogP contribution is 2.24. The monoisotopic (exact) mass is 371 g/mol. The summed E-state index contributed by atoms with van der Waals surface area (Å²) in [4.78, 5) is 23.6. The first kappa shape index (κ1) is 19.5. The van der Waals surface area contributed by atoms with Crippen LogP contribution in [0.25, 0.3) is 0 Å². The van der Waals surface area contributed by atoms with E-state index in [1.54, 1.807) is 20.8 Å². The van der Waals surface area contributed by atoms with Gasteiger partial charge in [0.1, 0.15) is 0 Å². The second kappa shape index (κ2) is 7.17. The second-order valence-corrected chi connectivity index (χ2v) is 9.02. The zero-order chi connectivity index (χ0) is 18.8. The molecular weight excluding hydrogens is 346 g/mol. The van der Waals surface area contributed by atoms with Gasteiger partial charge in [0, 0.05) is 17.5 Å². The van der Waals surface area contributed by atoms with Gasteiger partial charge in [0.15, 0.2) is 5.76 Å². The van der Waals surface area contributed by atoms with Crippen molar-refractivity contribution in [3.63, 3.8) is 0 Å². The van der Waals surface area contributed by atoms with E-state index in [0.29, 0.717) is 6.42 Å². The largest absolute Gasteiger partial charge is 0.438 e. The van der Waals surface area contributed by atoms with Gasteiger partial charge in [-0.3, -0.25) is 9.59 Å². The van der Waals surface area contributed by atoms with Crippen molar-refractivity contribution in [3.05, 3.63) is 17.9 Å². The molecule has 2 atom stereocenters. The minimum Gasteiger partial charge on any atom is -0.438 e. The van der Waals surface area contributed by atoms with Gasteiger partial charge in [-0.15, -0.1) is 0 Å². The average Bonchev–Trinajstić information content (AvgIpc) is 2.95. The minimum absolute atomic E-state index is 0.0875. The van der Waals surface area contributed by atoms with E-state index in [2.05, 4.69) is 10.0 Å². The van der Waals surface area contributed by atoms with E-state index >= 15 is 0 Å². The third-order valence-corrected chi connectivity index (χ3v) is 5.55. The Morgan fingerprint density at radius 1 is 1.24 bits per heavy atom. The summed E-state index contributed by atoms with van der Waals surface area (Å²) in [5.74, 6) is -1.20. The molecule has 1 aliphatic rings. The van der Waals surface area contributed by atoms with E-state index in [-0.39, 0.29) is 28.7 Å². The standard InChI is InChI=1S/C16H25N3O5S/c1-16(2,3)19-25(22,23)13-8-7-12(24-13)15(21)18-11-6-4-5-10(9-11)14(17)20/h7-8,10-11,19H,4-6,9H2,1-3H3,(H2,17,20)(H,18,21). The molecule has 0 aromatic carbocycles. The van der Waals surface area contributed by atoms with Crippen LogP contribution in [0.3, 0.4) is 0 Å². The van der Waals surface area contributed by atoms with Crippen LogP contribution < -0.4 is 15.8 Å². The topological polar surface area (TPSA) is 132 Å². The van der Waals surface area contributed by atoms with E-state index in [1.807, 2.05) is 0 Å². The van der Waals surface area contributed by atoms with Crippen LogP contribution in [-0.2, 0) is 14.8 Å². The summed E-state index contributed by atoms with van der Waals surface area (Å²) in [5, 5.41) is 2.46. The van der Waals surface area contributed by atoms with Gasteiger partial charge in [0.05, 0.1) is 0 Å². The first-order valence-electron chi connectivity index (χ1n) is 8.22. The van der Waals surface area contributed by atoms with Gasteiger partial charge in [0.2, 0.25) is 11.0 Å². The van der Waals surface area contributed by atoms with Gasteiger partial charge < -0.3 is 15.5 Å². The molecule has 2 unspecified atom stereocenters. The Hall–Kier alpha value is -1.87. The molecule has 1 aromatic rings. The Morgan fingerprint density at radius 3 is 2.52 bits per heavy atom. The number of rotatable bonds is 5. The number of primary amides is 1. The third-order valence-electron chi connectivity index (χ3n) is 3.92. The van der Waals surface area contributed by atoms with Crippen molar-refractivity contribution in [2.75, 3.05) is 0 Å². The lowest BCUT2D eigenvalue weighted by atomic mass is 9.85. The normalized spacial score (nSPS) is 21.7. The lowest BCUT2D eigenvalue weighted by Crippen LogP contribution is -2.41. The molecule has 2 amide bonds. The molecule has 25 heavy (non-hydrogen) atoms. The number of hydrogen-bond acceptors (Lipinski definition) is 5. The van der Waals surface area contributed by atoms with Crippen LogP contribution in [0.15, 0.2) is 21.6 Å². The van der Waals surface area contributed by atoms with Crippen molar-refractivity contribution in [2.45, 2.75) is 63.1 Å². The smallest absolute Gasteiger partial charge is 0.287 e. The average molecular weight is 371 g/mol. The Balaban J connectivity index is 2.04. The summed E-state index contributed by atoms with van der Waals surface area (Å²) in [7, 11) is -3.84. The highest BCUT2D eigenvalue weighted by Gasteiger charge is 2.29. The highest BCUT2D eigenvalue weighted by atomic mass is 32.2. The molecule has 1 heterocycles. The van der Waals surface area contributed by atoms with E-state index < -0.39 is 21.5 Å². The SMILES string of the molecule is CC(C)(C)NS(=O)(=O)c1ccc(C(=O)NC2CCCC(C(N)=O)C2)o1. The van der Waals surface area contributed by atoms with Crippen LogP contribution in [0, 0.1) is 5.92 Å². The molecule has 0 bridgehead atoms. The van der Waals surface area contributed by atoms with Crippen LogP contribution >= 0.6 is 0 Å². The fraction of sp³-hybridized carbons (Fsp3) is 0.625. The molecule has 1 fully saturated rings. The molecule has 4 N–H and O–H groups in total.